The topological polar surface area (TPSA) is 49.4 Å². The van der Waals surface area contributed by atoms with Crippen molar-refractivity contribution in [2.45, 2.75) is 46.7 Å². The molecule has 2 aromatic rings. The standard InChI is InChI=1S/C24H31FN2O2/c1-17(2)14-15-26-23(28)22(20-8-6-5-7-9-20)27(24(29)18(3)4)16-19-10-12-21(25)13-11-19/h5-13,17-18,22H,14-16H2,1-4H3,(H,26,28). The SMILES string of the molecule is CC(C)CCNC(=O)C(c1ccccc1)N(Cc1ccc(F)cc1)C(=O)C(C)C. The first-order valence-corrected chi connectivity index (χ1v) is 10.2. The third kappa shape index (κ3) is 6.70. The average Bonchev–Trinajstić information content (AvgIpc) is 2.69. The Balaban J connectivity index is 2.38. The lowest BCUT2D eigenvalue weighted by atomic mass is 10.0. The molecule has 0 aliphatic rings. The minimum Gasteiger partial charge on any atom is -0.354 e. The highest BCUT2D eigenvalue weighted by Crippen LogP contribution is 2.25. The van der Waals surface area contributed by atoms with E-state index >= 15 is 0 Å². The third-order valence-electron chi connectivity index (χ3n) is 4.74. The lowest BCUT2D eigenvalue weighted by molar-refractivity contribution is -0.144. The van der Waals surface area contributed by atoms with Crippen LogP contribution in [-0.2, 0) is 16.1 Å². The highest BCUT2D eigenvalue weighted by Gasteiger charge is 2.32. The zero-order chi connectivity index (χ0) is 21.4. The van der Waals surface area contributed by atoms with Gasteiger partial charge in [-0.05, 0) is 35.6 Å². The number of amides is 2. The van der Waals surface area contributed by atoms with E-state index < -0.39 is 6.04 Å². The minimum absolute atomic E-state index is 0.123. The van der Waals surface area contributed by atoms with E-state index in [1.54, 1.807) is 17.0 Å². The molecule has 1 N–H and O–H groups in total. The van der Waals surface area contributed by atoms with Gasteiger partial charge in [0, 0.05) is 19.0 Å². The highest BCUT2D eigenvalue weighted by atomic mass is 19.1. The van der Waals surface area contributed by atoms with E-state index in [4.69, 9.17) is 0 Å². The number of benzene rings is 2. The largest absolute Gasteiger partial charge is 0.354 e. The summed E-state index contributed by atoms with van der Waals surface area (Å²) in [5.74, 6) is -0.458. The van der Waals surface area contributed by atoms with Crippen LogP contribution < -0.4 is 5.32 Å². The maximum atomic E-state index is 13.3. The van der Waals surface area contributed by atoms with Crippen LogP contribution in [0.2, 0.25) is 0 Å². The first kappa shape index (κ1) is 22.6. The molecule has 0 saturated carbocycles. The second kappa shape index (κ2) is 10.7. The number of hydrogen-bond acceptors (Lipinski definition) is 2. The third-order valence-corrected chi connectivity index (χ3v) is 4.74. The fourth-order valence-electron chi connectivity index (χ4n) is 3.10. The van der Waals surface area contributed by atoms with Gasteiger partial charge in [-0.15, -0.1) is 0 Å². The Morgan fingerprint density at radius 2 is 1.59 bits per heavy atom. The molecular weight excluding hydrogens is 367 g/mol. The van der Waals surface area contributed by atoms with Crippen molar-refractivity contribution in [3.05, 3.63) is 71.5 Å². The zero-order valence-electron chi connectivity index (χ0n) is 17.7. The van der Waals surface area contributed by atoms with E-state index in [0.29, 0.717) is 12.5 Å². The number of nitrogens with zero attached hydrogens (tertiary/aromatic N) is 1. The van der Waals surface area contributed by atoms with Gasteiger partial charge in [0.25, 0.3) is 0 Å². The van der Waals surface area contributed by atoms with Crippen LogP contribution in [0.1, 0.15) is 51.3 Å². The summed E-state index contributed by atoms with van der Waals surface area (Å²) in [6.45, 7) is 8.62. The Labute approximate surface area is 173 Å². The molecule has 0 bridgehead atoms. The number of carbonyl (C=O) groups is 2. The Morgan fingerprint density at radius 1 is 0.966 bits per heavy atom. The molecule has 1 atom stereocenters. The van der Waals surface area contributed by atoms with Crippen LogP contribution in [0.15, 0.2) is 54.6 Å². The predicted octanol–water partition coefficient (Wildman–Crippen LogP) is 4.71. The molecule has 0 saturated heterocycles. The second-order valence-electron chi connectivity index (χ2n) is 8.03. The van der Waals surface area contributed by atoms with E-state index in [9.17, 15) is 14.0 Å². The summed E-state index contributed by atoms with van der Waals surface area (Å²) in [5, 5.41) is 2.99. The predicted molar refractivity (Wildman–Crippen MR) is 113 cm³/mol. The monoisotopic (exact) mass is 398 g/mol. The van der Waals surface area contributed by atoms with Gasteiger partial charge in [0.1, 0.15) is 11.9 Å². The molecule has 2 amide bonds. The summed E-state index contributed by atoms with van der Waals surface area (Å²) >= 11 is 0. The van der Waals surface area contributed by atoms with Crippen LogP contribution in [0.4, 0.5) is 4.39 Å². The van der Waals surface area contributed by atoms with Crippen molar-refractivity contribution in [2.24, 2.45) is 11.8 Å². The molecule has 2 rings (SSSR count). The van der Waals surface area contributed by atoms with E-state index in [1.807, 2.05) is 44.2 Å². The highest BCUT2D eigenvalue weighted by molar-refractivity contribution is 5.89. The van der Waals surface area contributed by atoms with Crippen molar-refractivity contribution in [3.63, 3.8) is 0 Å². The van der Waals surface area contributed by atoms with Gasteiger partial charge >= 0.3 is 0 Å². The lowest BCUT2D eigenvalue weighted by Gasteiger charge is -2.33. The molecule has 0 spiro atoms. The van der Waals surface area contributed by atoms with Gasteiger partial charge in [0.15, 0.2) is 0 Å². The van der Waals surface area contributed by atoms with Gasteiger partial charge in [0.05, 0.1) is 0 Å². The smallest absolute Gasteiger partial charge is 0.247 e. The first-order chi connectivity index (χ1) is 13.8. The summed E-state index contributed by atoms with van der Waals surface area (Å²) in [7, 11) is 0. The minimum atomic E-state index is -0.747. The molecular formula is C24H31FN2O2. The molecule has 5 heteroatoms. The van der Waals surface area contributed by atoms with Gasteiger partial charge in [-0.2, -0.15) is 0 Å². The second-order valence-corrected chi connectivity index (χ2v) is 8.03. The average molecular weight is 399 g/mol. The van der Waals surface area contributed by atoms with Crippen molar-refractivity contribution < 1.29 is 14.0 Å². The number of halogens is 1. The summed E-state index contributed by atoms with van der Waals surface area (Å²) in [5.41, 5.74) is 1.53. The number of carbonyl (C=O) groups excluding carboxylic acids is 2. The molecule has 0 radical (unpaired) electrons. The molecule has 0 aromatic heterocycles. The summed E-state index contributed by atoms with van der Waals surface area (Å²) in [6.07, 6.45) is 0.864. The Hall–Kier alpha value is -2.69. The van der Waals surface area contributed by atoms with Crippen molar-refractivity contribution in [1.29, 1.82) is 0 Å². The maximum Gasteiger partial charge on any atom is 0.247 e. The van der Waals surface area contributed by atoms with Crippen molar-refractivity contribution in [3.8, 4) is 0 Å². The molecule has 1 unspecified atom stereocenters. The fraction of sp³-hybridized carbons (Fsp3) is 0.417. The van der Waals surface area contributed by atoms with E-state index in [0.717, 1.165) is 17.5 Å². The Bertz CT molecular complexity index is 788. The quantitative estimate of drug-likeness (QED) is 0.665. The van der Waals surface area contributed by atoms with Gasteiger partial charge in [-0.1, -0.05) is 70.2 Å². The fourth-order valence-corrected chi connectivity index (χ4v) is 3.10. The molecule has 0 fully saturated rings. The zero-order valence-corrected chi connectivity index (χ0v) is 17.7. The van der Waals surface area contributed by atoms with Crippen LogP contribution in [0, 0.1) is 17.7 Å². The van der Waals surface area contributed by atoms with E-state index in [1.165, 1.54) is 12.1 Å². The molecule has 0 aliphatic carbocycles. The summed E-state index contributed by atoms with van der Waals surface area (Å²) in [6, 6.07) is 14.6. The number of nitrogens with one attached hydrogen (secondary N) is 1. The van der Waals surface area contributed by atoms with Gasteiger partial charge < -0.3 is 10.2 Å². The molecule has 0 aliphatic heterocycles. The molecule has 0 heterocycles. The van der Waals surface area contributed by atoms with Gasteiger partial charge in [-0.3, -0.25) is 9.59 Å². The van der Waals surface area contributed by atoms with Crippen LogP contribution >= 0.6 is 0 Å². The molecule has 156 valence electrons. The summed E-state index contributed by atoms with van der Waals surface area (Å²) < 4.78 is 13.3. The van der Waals surface area contributed by atoms with Crippen LogP contribution in [0.3, 0.4) is 0 Å². The number of rotatable bonds is 9. The molecule has 2 aromatic carbocycles. The maximum absolute atomic E-state index is 13.3. The lowest BCUT2D eigenvalue weighted by Crippen LogP contribution is -2.45. The van der Waals surface area contributed by atoms with E-state index in [-0.39, 0.29) is 30.1 Å². The Morgan fingerprint density at radius 3 is 2.14 bits per heavy atom. The normalized spacial score (nSPS) is 12.1. The number of hydrogen-bond donors (Lipinski definition) is 1. The van der Waals surface area contributed by atoms with Crippen LogP contribution in [0.25, 0.3) is 0 Å². The van der Waals surface area contributed by atoms with E-state index in [2.05, 4.69) is 19.2 Å². The van der Waals surface area contributed by atoms with Crippen LogP contribution in [0.5, 0.6) is 0 Å². The van der Waals surface area contributed by atoms with Crippen molar-refractivity contribution in [2.75, 3.05) is 6.54 Å². The molecule has 4 nitrogen and oxygen atoms in total. The van der Waals surface area contributed by atoms with Crippen molar-refractivity contribution in [1.82, 2.24) is 10.2 Å². The Kier molecular flexibility index (Phi) is 8.37. The van der Waals surface area contributed by atoms with Gasteiger partial charge in [-0.25, -0.2) is 4.39 Å². The molecule has 29 heavy (non-hydrogen) atoms. The summed E-state index contributed by atoms with van der Waals surface area (Å²) in [4.78, 5) is 27.9. The van der Waals surface area contributed by atoms with Crippen LogP contribution in [-0.4, -0.2) is 23.3 Å². The van der Waals surface area contributed by atoms with Crippen molar-refractivity contribution >= 4 is 11.8 Å². The first-order valence-electron chi connectivity index (χ1n) is 10.2. The van der Waals surface area contributed by atoms with Gasteiger partial charge in [0.2, 0.25) is 11.8 Å².